The molecule has 0 saturated heterocycles. The molecule has 20 heavy (non-hydrogen) atoms. The van der Waals surface area contributed by atoms with Gasteiger partial charge in [0.05, 0.1) is 11.9 Å². The van der Waals surface area contributed by atoms with E-state index in [1.165, 1.54) is 18.3 Å². The van der Waals surface area contributed by atoms with Gasteiger partial charge >= 0.3 is 0 Å². The van der Waals surface area contributed by atoms with Crippen molar-refractivity contribution < 1.29 is 17.7 Å². The largest absolute Gasteiger partial charge is 0.361 e. The summed E-state index contributed by atoms with van der Waals surface area (Å²) in [6, 6.07) is 6.12. The summed E-state index contributed by atoms with van der Waals surface area (Å²) < 4.78 is 28.8. The van der Waals surface area contributed by atoms with Crippen molar-refractivity contribution in [3.8, 4) is 0 Å². The summed E-state index contributed by atoms with van der Waals surface area (Å²) in [6.07, 6.45) is 1.30. The van der Waals surface area contributed by atoms with Crippen LogP contribution in [0.25, 0.3) is 0 Å². The fourth-order valence-electron chi connectivity index (χ4n) is 1.54. The highest BCUT2D eigenvalue weighted by atomic mass is 32.2. The van der Waals surface area contributed by atoms with Crippen LogP contribution in [-0.2, 0) is 10.2 Å². The maximum atomic E-state index is 11.9. The van der Waals surface area contributed by atoms with Crippen LogP contribution in [0.5, 0.6) is 0 Å². The third-order valence-electron chi connectivity index (χ3n) is 2.38. The number of aromatic nitrogens is 1. The molecule has 4 N–H and O–H groups in total. The van der Waals surface area contributed by atoms with E-state index in [0.29, 0.717) is 17.0 Å². The molecule has 1 heterocycles. The van der Waals surface area contributed by atoms with Crippen molar-refractivity contribution in [1.29, 1.82) is 0 Å². The number of carbonyl (C=O) groups excluding carboxylic acids is 1. The van der Waals surface area contributed by atoms with E-state index in [1.54, 1.807) is 19.1 Å². The van der Waals surface area contributed by atoms with Gasteiger partial charge in [-0.3, -0.25) is 9.52 Å². The molecular weight excluding hydrogens is 284 g/mol. The molecule has 8 nitrogen and oxygen atoms in total. The lowest BCUT2D eigenvalue weighted by molar-refractivity contribution is 0.102. The Morgan fingerprint density at radius 1 is 1.35 bits per heavy atom. The Bertz CT molecular complexity index is 738. The Morgan fingerprint density at radius 3 is 2.65 bits per heavy atom. The lowest BCUT2D eigenvalue weighted by Gasteiger charge is -2.07. The van der Waals surface area contributed by atoms with Crippen molar-refractivity contribution in [1.82, 2.24) is 5.16 Å². The van der Waals surface area contributed by atoms with Crippen LogP contribution in [0.1, 0.15) is 16.1 Å². The molecule has 0 aliphatic carbocycles. The van der Waals surface area contributed by atoms with Crippen LogP contribution in [0, 0.1) is 6.92 Å². The number of carbonyl (C=O) groups is 1. The van der Waals surface area contributed by atoms with E-state index in [2.05, 4.69) is 15.2 Å². The van der Waals surface area contributed by atoms with Gasteiger partial charge in [-0.05, 0) is 25.1 Å². The van der Waals surface area contributed by atoms with Gasteiger partial charge in [0.25, 0.3) is 16.1 Å². The van der Waals surface area contributed by atoms with Crippen LogP contribution in [-0.4, -0.2) is 19.5 Å². The Hall–Kier alpha value is -2.39. The molecule has 1 amide bonds. The molecule has 0 aliphatic rings. The monoisotopic (exact) mass is 296 g/mol. The van der Waals surface area contributed by atoms with E-state index in [0.717, 1.165) is 0 Å². The molecule has 0 unspecified atom stereocenters. The summed E-state index contributed by atoms with van der Waals surface area (Å²) >= 11 is 0. The van der Waals surface area contributed by atoms with Gasteiger partial charge in [0.15, 0.2) is 0 Å². The summed E-state index contributed by atoms with van der Waals surface area (Å²) in [7, 11) is -3.86. The molecule has 0 saturated carbocycles. The summed E-state index contributed by atoms with van der Waals surface area (Å²) in [5.74, 6) is -0.0159. The summed E-state index contributed by atoms with van der Waals surface area (Å²) in [4.78, 5) is 11.9. The van der Waals surface area contributed by atoms with Gasteiger partial charge in [-0.15, -0.1) is 0 Å². The number of hydrogen-bond donors (Lipinski definition) is 3. The van der Waals surface area contributed by atoms with Crippen LogP contribution >= 0.6 is 0 Å². The molecule has 1 aromatic carbocycles. The number of amides is 1. The van der Waals surface area contributed by atoms with Gasteiger partial charge in [0.2, 0.25) is 0 Å². The number of hydrogen-bond acceptors (Lipinski definition) is 5. The number of aryl methyl sites for hydroxylation is 1. The minimum Gasteiger partial charge on any atom is -0.361 e. The average Bonchev–Trinajstić information content (AvgIpc) is 2.73. The zero-order chi connectivity index (χ0) is 14.8. The Morgan fingerprint density at radius 2 is 2.05 bits per heavy atom. The molecule has 0 atom stereocenters. The standard InChI is InChI=1S/C11H12N4O4S/c1-7-10(6-13-19-7)11(16)14-8-3-2-4-9(5-8)15-20(12,17)18/h2-6,15H,1H3,(H,14,16)(H2,12,17,18). The number of rotatable bonds is 4. The lowest BCUT2D eigenvalue weighted by atomic mass is 10.2. The highest BCUT2D eigenvalue weighted by Crippen LogP contribution is 2.17. The molecule has 106 valence electrons. The van der Waals surface area contributed by atoms with Crippen molar-refractivity contribution in [2.75, 3.05) is 10.0 Å². The quantitative estimate of drug-likeness (QED) is 0.770. The van der Waals surface area contributed by atoms with Gasteiger partial charge in [0, 0.05) is 5.69 Å². The minimum absolute atomic E-state index is 0.243. The first kappa shape index (κ1) is 14.0. The molecule has 1 aromatic heterocycles. The molecule has 0 fully saturated rings. The maximum absolute atomic E-state index is 11.9. The van der Waals surface area contributed by atoms with Crippen molar-refractivity contribution in [3.63, 3.8) is 0 Å². The number of anilines is 2. The zero-order valence-corrected chi connectivity index (χ0v) is 11.3. The van der Waals surface area contributed by atoms with Crippen molar-refractivity contribution in [2.24, 2.45) is 5.14 Å². The fraction of sp³-hybridized carbons (Fsp3) is 0.0909. The molecule has 2 rings (SSSR count). The second-order valence-corrected chi connectivity index (χ2v) is 5.27. The maximum Gasteiger partial charge on any atom is 0.296 e. The highest BCUT2D eigenvalue weighted by Gasteiger charge is 2.13. The molecule has 0 radical (unpaired) electrons. The molecule has 0 bridgehead atoms. The predicted octanol–water partition coefficient (Wildman–Crippen LogP) is 0.851. The molecule has 2 aromatic rings. The van der Waals surface area contributed by atoms with E-state index in [9.17, 15) is 13.2 Å². The van der Waals surface area contributed by atoms with Gasteiger partial charge < -0.3 is 9.84 Å². The van der Waals surface area contributed by atoms with E-state index < -0.39 is 16.1 Å². The van der Waals surface area contributed by atoms with E-state index in [-0.39, 0.29) is 5.69 Å². The number of nitrogens with one attached hydrogen (secondary N) is 2. The SMILES string of the molecule is Cc1oncc1C(=O)Nc1cccc(NS(N)(=O)=O)c1. The number of benzene rings is 1. The van der Waals surface area contributed by atoms with Gasteiger partial charge in [-0.1, -0.05) is 11.2 Å². The van der Waals surface area contributed by atoms with Crippen LogP contribution in [0.4, 0.5) is 11.4 Å². The third kappa shape index (κ3) is 3.56. The first-order chi connectivity index (χ1) is 9.35. The van der Waals surface area contributed by atoms with Gasteiger partial charge in [-0.25, -0.2) is 5.14 Å². The van der Waals surface area contributed by atoms with E-state index >= 15 is 0 Å². The smallest absolute Gasteiger partial charge is 0.296 e. The summed E-state index contributed by atoms with van der Waals surface area (Å²) in [5, 5.41) is 11.0. The molecular formula is C11H12N4O4S. The first-order valence-corrected chi connectivity index (χ1v) is 7.03. The Balaban J connectivity index is 2.16. The third-order valence-corrected chi connectivity index (χ3v) is 2.90. The number of nitrogens with two attached hydrogens (primary N) is 1. The summed E-state index contributed by atoms with van der Waals surface area (Å²) in [6.45, 7) is 1.61. The average molecular weight is 296 g/mol. The second kappa shape index (κ2) is 5.31. The second-order valence-electron chi connectivity index (χ2n) is 3.98. The Kier molecular flexibility index (Phi) is 3.72. The van der Waals surface area contributed by atoms with Crippen molar-refractivity contribution >= 4 is 27.5 Å². The van der Waals surface area contributed by atoms with Crippen LogP contribution in [0.3, 0.4) is 0 Å². The van der Waals surface area contributed by atoms with Crippen LogP contribution in [0.2, 0.25) is 0 Å². The van der Waals surface area contributed by atoms with E-state index in [1.807, 2.05) is 0 Å². The van der Waals surface area contributed by atoms with Crippen molar-refractivity contribution in [2.45, 2.75) is 6.92 Å². The Labute approximate surface area is 115 Å². The molecule has 9 heteroatoms. The molecule has 0 spiro atoms. The summed E-state index contributed by atoms with van der Waals surface area (Å²) in [5.41, 5.74) is 0.950. The van der Waals surface area contributed by atoms with Gasteiger partial charge in [0.1, 0.15) is 11.3 Å². The highest BCUT2D eigenvalue weighted by molar-refractivity contribution is 7.90. The number of nitrogens with zero attached hydrogens (tertiary/aromatic N) is 1. The minimum atomic E-state index is -3.86. The van der Waals surface area contributed by atoms with E-state index in [4.69, 9.17) is 9.66 Å². The van der Waals surface area contributed by atoms with Crippen LogP contribution < -0.4 is 15.2 Å². The normalized spacial score (nSPS) is 11.1. The fourth-order valence-corrected chi connectivity index (χ4v) is 2.00. The first-order valence-electron chi connectivity index (χ1n) is 5.48. The lowest BCUT2D eigenvalue weighted by Crippen LogP contribution is -2.21. The van der Waals surface area contributed by atoms with Crippen LogP contribution in [0.15, 0.2) is 35.0 Å². The topological polar surface area (TPSA) is 127 Å². The predicted molar refractivity (Wildman–Crippen MR) is 72.4 cm³/mol. The van der Waals surface area contributed by atoms with Crippen molar-refractivity contribution in [3.05, 3.63) is 41.8 Å². The zero-order valence-electron chi connectivity index (χ0n) is 10.5. The van der Waals surface area contributed by atoms with Gasteiger partial charge in [-0.2, -0.15) is 8.42 Å². The molecule has 0 aliphatic heterocycles.